The molecule has 1 saturated heterocycles. The highest BCUT2D eigenvalue weighted by Crippen LogP contribution is 2.40. The summed E-state index contributed by atoms with van der Waals surface area (Å²) in [7, 11) is 1.34. The number of hydrogen-bond acceptors (Lipinski definition) is 6. The van der Waals surface area contributed by atoms with Crippen LogP contribution in [0.5, 0.6) is 5.75 Å². The second-order valence-electron chi connectivity index (χ2n) is 5.65. The van der Waals surface area contributed by atoms with E-state index in [2.05, 4.69) is 4.99 Å². The lowest BCUT2D eigenvalue weighted by Gasteiger charge is -2.38. The van der Waals surface area contributed by atoms with Gasteiger partial charge in [0.2, 0.25) is 5.91 Å². The van der Waals surface area contributed by atoms with Gasteiger partial charge in [-0.1, -0.05) is 23.9 Å². The van der Waals surface area contributed by atoms with Gasteiger partial charge in [-0.05, 0) is 31.5 Å². The van der Waals surface area contributed by atoms with Gasteiger partial charge in [-0.3, -0.25) is 9.69 Å². The first kappa shape index (κ1) is 17.5. The van der Waals surface area contributed by atoms with Crippen LogP contribution in [0.25, 0.3) is 0 Å². The Morgan fingerprint density at radius 2 is 2.08 bits per heavy atom. The van der Waals surface area contributed by atoms with Gasteiger partial charge in [0.05, 0.1) is 31.0 Å². The first-order valence-corrected chi connectivity index (χ1v) is 9.10. The van der Waals surface area contributed by atoms with Crippen molar-refractivity contribution in [1.82, 2.24) is 4.90 Å². The molecule has 0 N–H and O–H groups in total. The van der Waals surface area contributed by atoms with Crippen molar-refractivity contribution < 1.29 is 19.1 Å². The predicted molar refractivity (Wildman–Crippen MR) is 96.4 cm³/mol. The summed E-state index contributed by atoms with van der Waals surface area (Å²) < 4.78 is 10.4. The quantitative estimate of drug-likeness (QED) is 0.772. The Kier molecular flexibility index (Phi) is 5.13. The van der Waals surface area contributed by atoms with Crippen LogP contribution in [0.15, 0.2) is 40.5 Å². The van der Waals surface area contributed by atoms with Crippen molar-refractivity contribution in [2.45, 2.75) is 26.3 Å². The molecule has 1 aromatic carbocycles. The summed E-state index contributed by atoms with van der Waals surface area (Å²) in [5.41, 5.74) is 1.80. The first-order valence-electron chi connectivity index (χ1n) is 8.12. The zero-order valence-electron chi connectivity index (χ0n) is 14.4. The number of nitrogens with zero attached hydrogens (tertiary/aromatic N) is 2. The minimum Gasteiger partial charge on any atom is -0.494 e. The highest BCUT2D eigenvalue weighted by molar-refractivity contribution is 8.14. The van der Waals surface area contributed by atoms with Gasteiger partial charge in [0.15, 0.2) is 5.17 Å². The van der Waals surface area contributed by atoms with Gasteiger partial charge >= 0.3 is 5.97 Å². The minimum absolute atomic E-state index is 0.0368. The molecular formula is C18H20N2O4S. The molecule has 0 aromatic heterocycles. The van der Waals surface area contributed by atoms with Crippen molar-refractivity contribution >= 4 is 28.8 Å². The molecule has 1 fully saturated rings. The van der Waals surface area contributed by atoms with Gasteiger partial charge in [0, 0.05) is 12.2 Å². The van der Waals surface area contributed by atoms with Crippen LogP contribution in [0.2, 0.25) is 0 Å². The average Bonchev–Trinajstić information content (AvgIpc) is 2.61. The van der Waals surface area contributed by atoms with Crippen molar-refractivity contribution in [2.75, 3.05) is 19.5 Å². The fourth-order valence-corrected chi connectivity index (χ4v) is 4.00. The van der Waals surface area contributed by atoms with E-state index in [1.54, 1.807) is 11.8 Å². The summed E-state index contributed by atoms with van der Waals surface area (Å²) in [6, 6.07) is 6.91. The third-order valence-electron chi connectivity index (χ3n) is 4.12. The van der Waals surface area contributed by atoms with E-state index >= 15 is 0 Å². The molecule has 0 saturated carbocycles. The van der Waals surface area contributed by atoms with Gasteiger partial charge in [-0.15, -0.1) is 0 Å². The maximum Gasteiger partial charge on any atom is 0.338 e. The van der Waals surface area contributed by atoms with Crippen LogP contribution in [-0.4, -0.2) is 41.4 Å². The number of esters is 1. The Labute approximate surface area is 150 Å². The van der Waals surface area contributed by atoms with Crippen molar-refractivity contribution in [2.24, 2.45) is 4.99 Å². The summed E-state index contributed by atoms with van der Waals surface area (Å²) in [5.74, 6) is 0.939. The van der Waals surface area contributed by atoms with Gasteiger partial charge < -0.3 is 9.47 Å². The summed E-state index contributed by atoms with van der Waals surface area (Å²) >= 11 is 1.53. The molecule has 2 aliphatic rings. The standard InChI is InChI=1S/C18H20N2O4S/c1-4-24-13-7-5-12(6-8-13)16-15(17(22)23-3)11(2)19-18-20(16)14(21)9-10-25-18/h5-8,16H,4,9-10H2,1-3H3. The number of methoxy groups -OCH3 is 1. The molecule has 3 rings (SSSR count). The Bertz CT molecular complexity index is 755. The number of allylic oxidation sites excluding steroid dienone is 1. The van der Waals surface area contributed by atoms with Crippen molar-refractivity contribution in [3.8, 4) is 5.75 Å². The lowest BCUT2D eigenvalue weighted by Crippen LogP contribution is -2.45. The second kappa shape index (κ2) is 7.31. The van der Waals surface area contributed by atoms with E-state index in [0.29, 0.717) is 35.2 Å². The van der Waals surface area contributed by atoms with Crippen molar-refractivity contribution in [3.05, 3.63) is 41.1 Å². The van der Waals surface area contributed by atoms with Gasteiger partial charge in [-0.25, -0.2) is 9.79 Å². The SMILES string of the molecule is CCOc1ccc(C2C(C(=O)OC)=C(C)N=C3SCCC(=O)N32)cc1. The smallest absolute Gasteiger partial charge is 0.338 e. The van der Waals surface area contributed by atoms with E-state index in [1.165, 1.54) is 18.9 Å². The van der Waals surface area contributed by atoms with Crippen LogP contribution in [0.1, 0.15) is 31.9 Å². The lowest BCUT2D eigenvalue weighted by atomic mass is 9.94. The third-order valence-corrected chi connectivity index (χ3v) is 5.07. The number of hydrogen-bond donors (Lipinski definition) is 0. The number of carbonyl (C=O) groups is 2. The van der Waals surface area contributed by atoms with Gasteiger partial charge in [-0.2, -0.15) is 0 Å². The zero-order valence-corrected chi connectivity index (χ0v) is 15.3. The van der Waals surface area contributed by atoms with E-state index in [0.717, 1.165) is 11.3 Å². The highest BCUT2D eigenvalue weighted by Gasteiger charge is 2.41. The van der Waals surface area contributed by atoms with Crippen LogP contribution >= 0.6 is 11.8 Å². The van der Waals surface area contributed by atoms with Crippen LogP contribution in [0.3, 0.4) is 0 Å². The third kappa shape index (κ3) is 3.28. The Morgan fingerprint density at radius 1 is 1.36 bits per heavy atom. The Hall–Kier alpha value is -2.28. The first-order chi connectivity index (χ1) is 12.1. The van der Waals surface area contributed by atoms with Crippen molar-refractivity contribution in [3.63, 3.8) is 0 Å². The van der Waals surface area contributed by atoms with Crippen LogP contribution < -0.4 is 4.74 Å². The fourth-order valence-electron chi connectivity index (χ4n) is 3.00. The van der Waals surface area contributed by atoms with Crippen LogP contribution in [0, 0.1) is 0 Å². The average molecular weight is 360 g/mol. The molecule has 2 aliphatic heterocycles. The molecule has 1 aromatic rings. The fraction of sp³-hybridized carbons (Fsp3) is 0.389. The molecule has 2 heterocycles. The number of benzene rings is 1. The Balaban J connectivity index is 2.09. The largest absolute Gasteiger partial charge is 0.494 e. The van der Waals surface area contributed by atoms with Crippen LogP contribution in [0.4, 0.5) is 0 Å². The predicted octanol–water partition coefficient (Wildman–Crippen LogP) is 2.91. The number of amides is 1. The maximum absolute atomic E-state index is 12.6. The molecular weight excluding hydrogens is 340 g/mol. The molecule has 0 aliphatic carbocycles. The summed E-state index contributed by atoms with van der Waals surface area (Å²) in [5, 5.41) is 0.639. The van der Waals surface area contributed by atoms with E-state index in [4.69, 9.17) is 9.47 Å². The molecule has 6 nitrogen and oxygen atoms in total. The number of ether oxygens (including phenoxy) is 2. The molecule has 7 heteroatoms. The minimum atomic E-state index is -0.532. The van der Waals surface area contributed by atoms with E-state index < -0.39 is 12.0 Å². The second-order valence-corrected chi connectivity index (χ2v) is 6.71. The molecule has 25 heavy (non-hydrogen) atoms. The van der Waals surface area contributed by atoms with E-state index in [1.807, 2.05) is 31.2 Å². The monoisotopic (exact) mass is 360 g/mol. The molecule has 1 amide bonds. The summed E-state index contributed by atoms with van der Waals surface area (Å²) in [4.78, 5) is 31.1. The number of fused-ring (bicyclic) bond motifs is 1. The Morgan fingerprint density at radius 3 is 2.72 bits per heavy atom. The zero-order chi connectivity index (χ0) is 18.0. The number of amidine groups is 1. The summed E-state index contributed by atoms with van der Waals surface area (Å²) in [6.07, 6.45) is 0.421. The lowest BCUT2D eigenvalue weighted by molar-refractivity contribution is -0.137. The number of carbonyl (C=O) groups excluding carboxylic acids is 2. The summed E-state index contributed by atoms with van der Waals surface area (Å²) in [6.45, 7) is 4.27. The van der Waals surface area contributed by atoms with E-state index in [-0.39, 0.29) is 5.91 Å². The molecule has 132 valence electrons. The topological polar surface area (TPSA) is 68.2 Å². The molecule has 1 unspecified atom stereocenters. The molecule has 1 atom stereocenters. The highest BCUT2D eigenvalue weighted by atomic mass is 32.2. The normalized spacial score (nSPS) is 20.1. The number of thioether (sulfide) groups is 1. The molecule has 0 spiro atoms. The molecule has 0 bridgehead atoms. The van der Waals surface area contributed by atoms with Gasteiger partial charge in [0.25, 0.3) is 0 Å². The van der Waals surface area contributed by atoms with E-state index in [9.17, 15) is 9.59 Å². The number of rotatable bonds is 4. The maximum atomic E-state index is 12.6. The van der Waals surface area contributed by atoms with Crippen LogP contribution in [-0.2, 0) is 14.3 Å². The van der Waals surface area contributed by atoms with Crippen molar-refractivity contribution in [1.29, 1.82) is 0 Å². The molecule has 0 radical (unpaired) electrons. The number of aliphatic imine (C=N–C) groups is 1. The van der Waals surface area contributed by atoms with Gasteiger partial charge in [0.1, 0.15) is 5.75 Å².